The first-order chi connectivity index (χ1) is 13.6. The van der Waals surface area contributed by atoms with E-state index in [1.807, 2.05) is 31.5 Å². The van der Waals surface area contributed by atoms with E-state index in [1.165, 1.54) is 23.5 Å². The maximum absolute atomic E-state index is 13.4. The summed E-state index contributed by atoms with van der Waals surface area (Å²) in [4.78, 5) is 13.0. The molecule has 0 saturated carbocycles. The quantitative estimate of drug-likeness (QED) is 0.557. The fourth-order valence-electron chi connectivity index (χ4n) is 2.86. The van der Waals surface area contributed by atoms with Crippen LogP contribution in [0.1, 0.15) is 28.0 Å². The number of halogens is 1. The molecule has 0 aliphatic rings. The van der Waals surface area contributed by atoms with Crippen LogP contribution in [-0.4, -0.2) is 30.5 Å². The lowest BCUT2D eigenvalue weighted by molar-refractivity contribution is 0.102. The van der Waals surface area contributed by atoms with Gasteiger partial charge in [0.15, 0.2) is 5.82 Å². The molecule has 28 heavy (non-hydrogen) atoms. The first-order valence-electron chi connectivity index (χ1n) is 8.69. The molecule has 142 valence electrons. The minimum Gasteiger partial charge on any atom is -0.308 e. The molecule has 0 saturated heterocycles. The van der Waals surface area contributed by atoms with Gasteiger partial charge in [-0.25, -0.2) is 9.07 Å². The molecular weight excluding hydrogens is 379 g/mol. The molecule has 0 unspecified atom stereocenters. The highest BCUT2D eigenvalue weighted by Crippen LogP contribution is 2.25. The average Bonchev–Trinajstić information content (AvgIpc) is 3.41. The van der Waals surface area contributed by atoms with Crippen molar-refractivity contribution < 1.29 is 9.18 Å². The van der Waals surface area contributed by atoms with Crippen LogP contribution in [0, 0.1) is 12.7 Å². The number of amides is 1. The van der Waals surface area contributed by atoms with Gasteiger partial charge in [-0.1, -0.05) is 18.3 Å². The fourth-order valence-corrected chi connectivity index (χ4v) is 3.54. The van der Waals surface area contributed by atoms with Gasteiger partial charge in [0.2, 0.25) is 5.13 Å². The van der Waals surface area contributed by atoms with Crippen molar-refractivity contribution in [2.45, 2.75) is 20.3 Å². The molecule has 1 N–H and O–H groups in total. The van der Waals surface area contributed by atoms with Gasteiger partial charge in [0.25, 0.3) is 5.91 Å². The molecule has 4 aromatic rings. The van der Waals surface area contributed by atoms with E-state index in [9.17, 15) is 9.18 Å². The summed E-state index contributed by atoms with van der Waals surface area (Å²) in [5.41, 5.74) is 1.61. The summed E-state index contributed by atoms with van der Waals surface area (Å²) >= 11 is 1.34. The molecule has 0 fully saturated rings. The normalized spacial score (nSPS) is 11.0. The van der Waals surface area contributed by atoms with E-state index in [0.717, 1.165) is 11.4 Å². The molecule has 1 amide bonds. The number of benzene rings is 1. The predicted molar refractivity (Wildman–Crippen MR) is 105 cm³/mol. The van der Waals surface area contributed by atoms with Crippen LogP contribution in [0.2, 0.25) is 0 Å². The largest absolute Gasteiger partial charge is 0.308 e. The minimum atomic E-state index is -0.337. The monoisotopic (exact) mass is 396 g/mol. The van der Waals surface area contributed by atoms with E-state index < -0.39 is 0 Å². The van der Waals surface area contributed by atoms with Crippen LogP contribution in [0.15, 0.2) is 48.8 Å². The number of hydrogen-bond donors (Lipinski definition) is 1. The lowest BCUT2D eigenvalue weighted by atomic mass is 10.2. The number of carbonyl (C=O) groups is 1. The number of nitrogens with one attached hydrogen (secondary N) is 1. The Bertz CT molecular complexity index is 1110. The standard InChI is InChI=1S/C19H17FN6OS/c1-3-15-22-23-19(28-15)21-17(27)16-12(2)24-26(14-8-6-13(20)7-9-14)18(16)25-10-4-5-11-25/h4-11H,3H2,1-2H3,(H,21,23,27). The van der Waals surface area contributed by atoms with Crippen molar-refractivity contribution in [1.82, 2.24) is 24.5 Å². The fraction of sp³-hybridized carbons (Fsp3) is 0.158. The summed E-state index contributed by atoms with van der Waals surface area (Å²) in [6, 6.07) is 9.68. The molecule has 0 aliphatic carbocycles. The zero-order valence-corrected chi connectivity index (χ0v) is 16.1. The summed E-state index contributed by atoms with van der Waals surface area (Å²) in [5.74, 6) is -0.101. The summed E-state index contributed by atoms with van der Waals surface area (Å²) in [5, 5.41) is 16.7. The van der Waals surface area contributed by atoms with Gasteiger partial charge in [-0.2, -0.15) is 5.10 Å². The van der Waals surface area contributed by atoms with Gasteiger partial charge in [0, 0.05) is 12.4 Å². The van der Waals surface area contributed by atoms with Gasteiger partial charge in [0.1, 0.15) is 16.4 Å². The number of carbonyl (C=O) groups excluding carboxylic acids is 1. The summed E-state index contributed by atoms with van der Waals surface area (Å²) in [6.07, 6.45) is 4.41. The van der Waals surface area contributed by atoms with Gasteiger partial charge in [-0.15, -0.1) is 10.2 Å². The second-order valence-corrected chi connectivity index (χ2v) is 7.13. The Labute approximate surface area is 164 Å². The van der Waals surface area contributed by atoms with Crippen LogP contribution < -0.4 is 5.32 Å². The van der Waals surface area contributed by atoms with Crippen LogP contribution >= 0.6 is 11.3 Å². The Morgan fingerprint density at radius 2 is 1.89 bits per heavy atom. The van der Waals surface area contributed by atoms with Crippen LogP contribution in [0.5, 0.6) is 0 Å². The zero-order valence-electron chi connectivity index (χ0n) is 15.3. The smallest absolute Gasteiger partial charge is 0.263 e. The van der Waals surface area contributed by atoms with Gasteiger partial charge >= 0.3 is 0 Å². The Kier molecular flexibility index (Phi) is 4.74. The highest BCUT2D eigenvalue weighted by Gasteiger charge is 2.24. The van der Waals surface area contributed by atoms with Crippen molar-refractivity contribution in [3.63, 3.8) is 0 Å². The minimum absolute atomic E-state index is 0.326. The van der Waals surface area contributed by atoms with Crippen LogP contribution in [-0.2, 0) is 6.42 Å². The van der Waals surface area contributed by atoms with Crippen LogP contribution in [0.25, 0.3) is 11.5 Å². The Balaban J connectivity index is 1.80. The number of rotatable bonds is 5. The topological polar surface area (TPSA) is 77.6 Å². The Hall–Kier alpha value is -3.33. The lowest BCUT2D eigenvalue weighted by Gasteiger charge is -2.10. The summed E-state index contributed by atoms with van der Waals surface area (Å²) < 4.78 is 16.8. The molecule has 3 heterocycles. The number of aryl methyl sites for hydroxylation is 2. The second-order valence-electron chi connectivity index (χ2n) is 6.07. The maximum Gasteiger partial charge on any atom is 0.263 e. The summed E-state index contributed by atoms with van der Waals surface area (Å²) in [7, 11) is 0. The molecule has 9 heteroatoms. The molecule has 0 bridgehead atoms. The van der Waals surface area contributed by atoms with Crippen molar-refractivity contribution in [2.24, 2.45) is 0 Å². The molecule has 0 aliphatic heterocycles. The summed E-state index contributed by atoms with van der Waals surface area (Å²) in [6.45, 7) is 3.74. The van der Waals surface area contributed by atoms with Crippen molar-refractivity contribution in [2.75, 3.05) is 5.32 Å². The first kappa shape index (κ1) is 18.1. The van der Waals surface area contributed by atoms with Crippen molar-refractivity contribution in [3.05, 3.63) is 70.9 Å². The third kappa shape index (κ3) is 3.31. The van der Waals surface area contributed by atoms with Crippen LogP contribution in [0.4, 0.5) is 9.52 Å². The first-order valence-corrected chi connectivity index (χ1v) is 9.51. The third-order valence-corrected chi connectivity index (χ3v) is 5.16. The van der Waals surface area contributed by atoms with Crippen molar-refractivity contribution in [1.29, 1.82) is 0 Å². The average molecular weight is 396 g/mol. The highest BCUT2D eigenvalue weighted by molar-refractivity contribution is 7.15. The van der Waals surface area contributed by atoms with Crippen LogP contribution in [0.3, 0.4) is 0 Å². The van der Waals surface area contributed by atoms with Gasteiger partial charge in [-0.05, 0) is 49.7 Å². The van der Waals surface area contributed by atoms with Gasteiger partial charge < -0.3 is 4.57 Å². The van der Waals surface area contributed by atoms with E-state index in [2.05, 4.69) is 20.6 Å². The van der Waals surface area contributed by atoms with Gasteiger partial charge in [-0.3, -0.25) is 10.1 Å². The zero-order chi connectivity index (χ0) is 19.7. The molecule has 0 spiro atoms. The predicted octanol–water partition coefficient (Wildman–Crippen LogP) is 3.78. The second kappa shape index (κ2) is 7.35. The molecule has 0 atom stereocenters. The van der Waals surface area contributed by atoms with E-state index >= 15 is 0 Å². The van der Waals surface area contributed by atoms with E-state index in [0.29, 0.717) is 27.9 Å². The SMILES string of the molecule is CCc1nnc(NC(=O)c2c(C)nn(-c3ccc(F)cc3)c2-n2cccc2)s1. The number of anilines is 1. The molecular formula is C19H17FN6OS. The molecule has 4 rings (SSSR count). The highest BCUT2D eigenvalue weighted by atomic mass is 32.1. The maximum atomic E-state index is 13.4. The molecule has 7 nitrogen and oxygen atoms in total. The third-order valence-electron chi connectivity index (χ3n) is 4.17. The van der Waals surface area contributed by atoms with E-state index in [1.54, 1.807) is 28.3 Å². The van der Waals surface area contributed by atoms with E-state index in [4.69, 9.17) is 0 Å². The van der Waals surface area contributed by atoms with E-state index in [-0.39, 0.29) is 11.7 Å². The lowest BCUT2D eigenvalue weighted by Crippen LogP contribution is -2.16. The Morgan fingerprint density at radius 3 is 2.54 bits per heavy atom. The van der Waals surface area contributed by atoms with Crippen molar-refractivity contribution >= 4 is 22.4 Å². The number of nitrogens with zero attached hydrogens (tertiary/aromatic N) is 5. The Morgan fingerprint density at radius 1 is 1.18 bits per heavy atom. The molecule has 1 aromatic carbocycles. The number of aromatic nitrogens is 5. The molecule has 0 radical (unpaired) electrons. The number of hydrogen-bond acceptors (Lipinski definition) is 5. The van der Waals surface area contributed by atoms with Crippen molar-refractivity contribution in [3.8, 4) is 11.5 Å². The molecule has 3 aromatic heterocycles. The van der Waals surface area contributed by atoms with Gasteiger partial charge in [0.05, 0.1) is 11.4 Å².